The van der Waals surface area contributed by atoms with E-state index in [1.807, 2.05) is 18.2 Å². The summed E-state index contributed by atoms with van der Waals surface area (Å²) in [4.78, 5) is 23.8. The molecular formula is C18H23NO3. The van der Waals surface area contributed by atoms with Crippen molar-refractivity contribution >= 4 is 11.9 Å². The van der Waals surface area contributed by atoms with Gasteiger partial charge in [-0.2, -0.15) is 0 Å². The molecule has 1 aromatic carbocycles. The van der Waals surface area contributed by atoms with Crippen molar-refractivity contribution in [3.8, 4) is 0 Å². The number of hydrogen-bond acceptors (Lipinski definition) is 2. The normalized spacial score (nSPS) is 29.5. The second-order valence-corrected chi connectivity index (χ2v) is 6.60. The van der Waals surface area contributed by atoms with E-state index >= 15 is 0 Å². The molecule has 4 atom stereocenters. The van der Waals surface area contributed by atoms with Crippen molar-refractivity contribution in [2.45, 2.75) is 32.1 Å². The zero-order chi connectivity index (χ0) is 15.5. The van der Waals surface area contributed by atoms with Crippen LogP contribution in [0.4, 0.5) is 0 Å². The molecule has 22 heavy (non-hydrogen) atoms. The summed E-state index contributed by atoms with van der Waals surface area (Å²) >= 11 is 0. The van der Waals surface area contributed by atoms with E-state index in [2.05, 4.69) is 17.4 Å². The van der Waals surface area contributed by atoms with Crippen LogP contribution in [0.15, 0.2) is 30.3 Å². The van der Waals surface area contributed by atoms with E-state index < -0.39 is 11.9 Å². The maximum absolute atomic E-state index is 12.4. The molecule has 3 rings (SSSR count). The first-order valence-electron chi connectivity index (χ1n) is 8.21. The largest absolute Gasteiger partial charge is 0.481 e. The van der Waals surface area contributed by atoms with Crippen molar-refractivity contribution in [1.29, 1.82) is 0 Å². The highest BCUT2D eigenvalue weighted by atomic mass is 16.4. The van der Waals surface area contributed by atoms with Crippen LogP contribution in [0, 0.1) is 23.7 Å². The van der Waals surface area contributed by atoms with E-state index in [1.54, 1.807) is 0 Å². The molecule has 0 aromatic heterocycles. The number of aryl methyl sites for hydroxylation is 1. The number of carbonyl (C=O) groups is 2. The maximum atomic E-state index is 12.4. The van der Waals surface area contributed by atoms with Crippen LogP contribution in [0.25, 0.3) is 0 Å². The number of nitrogens with one attached hydrogen (secondary N) is 1. The molecule has 0 radical (unpaired) electrons. The predicted molar refractivity (Wildman–Crippen MR) is 83.2 cm³/mol. The molecule has 0 saturated heterocycles. The predicted octanol–water partition coefficient (Wildman–Crippen LogP) is 2.48. The minimum atomic E-state index is -0.795. The Labute approximate surface area is 130 Å². The van der Waals surface area contributed by atoms with Gasteiger partial charge in [-0.3, -0.25) is 9.59 Å². The van der Waals surface area contributed by atoms with Crippen LogP contribution in [0.3, 0.4) is 0 Å². The molecule has 0 heterocycles. The quantitative estimate of drug-likeness (QED) is 0.793. The van der Waals surface area contributed by atoms with Gasteiger partial charge in [0.05, 0.1) is 11.8 Å². The Balaban J connectivity index is 1.48. The standard InChI is InChI=1S/C18H23NO3/c20-17(19-10-4-7-12-5-2-1-3-6-12)15-13-8-9-14(11-13)16(15)18(21)22/h1-3,5-6,13-16H,4,7-11H2,(H,19,20)(H,21,22)/t13-,14-,15+,16-/m0/s1. The van der Waals surface area contributed by atoms with Gasteiger partial charge in [0, 0.05) is 6.54 Å². The first kappa shape index (κ1) is 15.1. The lowest BCUT2D eigenvalue weighted by Gasteiger charge is -2.27. The number of carboxylic acid groups (broad SMARTS) is 1. The Hall–Kier alpha value is -1.84. The highest BCUT2D eigenvalue weighted by molar-refractivity contribution is 5.86. The molecular weight excluding hydrogens is 278 g/mol. The molecule has 1 aromatic rings. The van der Waals surface area contributed by atoms with Crippen molar-refractivity contribution < 1.29 is 14.7 Å². The summed E-state index contributed by atoms with van der Waals surface area (Å²) in [7, 11) is 0. The number of rotatable bonds is 6. The zero-order valence-corrected chi connectivity index (χ0v) is 12.7. The van der Waals surface area contributed by atoms with Gasteiger partial charge in [-0.15, -0.1) is 0 Å². The van der Waals surface area contributed by atoms with Crippen molar-refractivity contribution in [2.24, 2.45) is 23.7 Å². The second-order valence-electron chi connectivity index (χ2n) is 6.60. The Morgan fingerprint density at radius 2 is 1.77 bits per heavy atom. The lowest BCUT2D eigenvalue weighted by atomic mass is 9.78. The summed E-state index contributed by atoms with van der Waals surface area (Å²) in [5, 5.41) is 12.4. The number of carbonyl (C=O) groups excluding carboxylic acids is 1. The molecule has 0 spiro atoms. The molecule has 4 heteroatoms. The summed E-state index contributed by atoms with van der Waals surface area (Å²) in [6.45, 7) is 0.619. The van der Waals surface area contributed by atoms with E-state index in [4.69, 9.17) is 0 Å². The van der Waals surface area contributed by atoms with Gasteiger partial charge in [-0.25, -0.2) is 0 Å². The van der Waals surface area contributed by atoms with Crippen LogP contribution in [0.5, 0.6) is 0 Å². The van der Waals surface area contributed by atoms with Crippen LogP contribution in [0.2, 0.25) is 0 Å². The topological polar surface area (TPSA) is 66.4 Å². The van der Waals surface area contributed by atoms with Crippen LogP contribution in [-0.4, -0.2) is 23.5 Å². The molecule has 2 fully saturated rings. The van der Waals surface area contributed by atoms with E-state index in [9.17, 15) is 14.7 Å². The zero-order valence-electron chi connectivity index (χ0n) is 12.7. The average molecular weight is 301 g/mol. The Morgan fingerprint density at radius 3 is 2.45 bits per heavy atom. The summed E-state index contributed by atoms with van der Waals surface area (Å²) in [5.41, 5.74) is 1.26. The number of benzene rings is 1. The molecule has 118 valence electrons. The van der Waals surface area contributed by atoms with E-state index in [0.717, 1.165) is 32.1 Å². The summed E-state index contributed by atoms with van der Waals surface area (Å²) in [5.74, 6) is -1.13. The Bertz CT molecular complexity index is 543. The van der Waals surface area contributed by atoms with E-state index in [0.29, 0.717) is 6.54 Å². The molecule has 2 aliphatic rings. The van der Waals surface area contributed by atoms with Gasteiger partial charge in [0.15, 0.2) is 0 Å². The van der Waals surface area contributed by atoms with Gasteiger partial charge in [-0.05, 0) is 49.5 Å². The van der Waals surface area contributed by atoms with Gasteiger partial charge in [0.25, 0.3) is 0 Å². The lowest BCUT2D eigenvalue weighted by Crippen LogP contribution is -2.41. The van der Waals surface area contributed by atoms with Gasteiger partial charge >= 0.3 is 5.97 Å². The summed E-state index contributed by atoms with van der Waals surface area (Å²) < 4.78 is 0. The van der Waals surface area contributed by atoms with Crippen molar-refractivity contribution in [1.82, 2.24) is 5.32 Å². The summed E-state index contributed by atoms with van der Waals surface area (Å²) in [6.07, 6.45) is 4.71. The third kappa shape index (κ3) is 3.01. The Kier molecular flexibility index (Phi) is 4.46. The van der Waals surface area contributed by atoms with Gasteiger partial charge in [0.2, 0.25) is 5.91 Å². The number of amides is 1. The number of carboxylic acids is 1. The highest BCUT2D eigenvalue weighted by Gasteiger charge is 2.53. The number of hydrogen-bond donors (Lipinski definition) is 2. The van der Waals surface area contributed by atoms with E-state index in [-0.39, 0.29) is 23.7 Å². The molecule has 4 nitrogen and oxygen atoms in total. The van der Waals surface area contributed by atoms with Crippen molar-refractivity contribution in [3.05, 3.63) is 35.9 Å². The third-order valence-corrected chi connectivity index (χ3v) is 5.29. The fourth-order valence-electron chi connectivity index (χ4n) is 4.29. The number of fused-ring (bicyclic) bond motifs is 2. The maximum Gasteiger partial charge on any atom is 0.307 e. The lowest BCUT2D eigenvalue weighted by molar-refractivity contribution is -0.149. The monoisotopic (exact) mass is 301 g/mol. The molecule has 2 saturated carbocycles. The van der Waals surface area contributed by atoms with E-state index in [1.165, 1.54) is 5.56 Å². The minimum absolute atomic E-state index is 0.0485. The fourth-order valence-corrected chi connectivity index (χ4v) is 4.29. The molecule has 2 bridgehead atoms. The van der Waals surface area contributed by atoms with Crippen molar-refractivity contribution in [3.63, 3.8) is 0 Å². The molecule has 1 amide bonds. The first-order valence-corrected chi connectivity index (χ1v) is 8.21. The van der Waals surface area contributed by atoms with Gasteiger partial charge in [0.1, 0.15) is 0 Å². The SMILES string of the molecule is O=C(NCCCc1ccccc1)[C@@H]1[C@H]2CC[C@@H](C2)[C@@H]1C(=O)O. The van der Waals surface area contributed by atoms with Crippen LogP contribution in [0.1, 0.15) is 31.2 Å². The fraction of sp³-hybridized carbons (Fsp3) is 0.556. The molecule has 0 unspecified atom stereocenters. The Morgan fingerprint density at radius 1 is 1.09 bits per heavy atom. The number of aliphatic carboxylic acids is 1. The smallest absolute Gasteiger partial charge is 0.307 e. The highest BCUT2D eigenvalue weighted by Crippen LogP contribution is 2.52. The van der Waals surface area contributed by atoms with Crippen LogP contribution in [-0.2, 0) is 16.0 Å². The first-order chi connectivity index (χ1) is 10.7. The molecule has 0 aliphatic heterocycles. The molecule has 2 N–H and O–H groups in total. The van der Waals surface area contributed by atoms with Gasteiger partial charge < -0.3 is 10.4 Å². The van der Waals surface area contributed by atoms with Crippen LogP contribution < -0.4 is 5.32 Å². The molecule has 2 aliphatic carbocycles. The minimum Gasteiger partial charge on any atom is -0.481 e. The summed E-state index contributed by atoms with van der Waals surface area (Å²) in [6, 6.07) is 10.2. The van der Waals surface area contributed by atoms with Crippen LogP contribution >= 0.6 is 0 Å². The van der Waals surface area contributed by atoms with Crippen molar-refractivity contribution in [2.75, 3.05) is 6.54 Å². The second kappa shape index (κ2) is 6.51. The third-order valence-electron chi connectivity index (χ3n) is 5.29. The van der Waals surface area contributed by atoms with Gasteiger partial charge in [-0.1, -0.05) is 30.3 Å². The average Bonchev–Trinajstić information content (AvgIpc) is 3.13.